The number of nitrogens with one attached hydrogen (secondary N) is 1. The zero-order valence-electron chi connectivity index (χ0n) is 15.0. The summed E-state index contributed by atoms with van der Waals surface area (Å²) in [6.45, 7) is 6.48. The zero-order chi connectivity index (χ0) is 19.5. The summed E-state index contributed by atoms with van der Waals surface area (Å²) in [6.07, 6.45) is 1.67. The van der Waals surface area contributed by atoms with Crippen molar-refractivity contribution in [2.75, 3.05) is 6.54 Å². The van der Waals surface area contributed by atoms with Gasteiger partial charge in [-0.25, -0.2) is 0 Å². The lowest BCUT2D eigenvalue weighted by Gasteiger charge is -2.10. The summed E-state index contributed by atoms with van der Waals surface area (Å²) < 4.78 is 38.9. The van der Waals surface area contributed by atoms with E-state index in [1.54, 1.807) is 6.07 Å². The van der Waals surface area contributed by atoms with Crippen molar-refractivity contribution >= 4 is 17.5 Å². The van der Waals surface area contributed by atoms with E-state index < -0.39 is 11.7 Å². The minimum atomic E-state index is -4.45. The fraction of sp³-hybridized carbons (Fsp3) is 0.450. The molecule has 0 spiro atoms. The summed E-state index contributed by atoms with van der Waals surface area (Å²) in [5, 5.41) is 2.53. The lowest BCUT2D eigenvalue weighted by molar-refractivity contribution is -0.137. The lowest BCUT2D eigenvalue weighted by Crippen LogP contribution is -2.25. The summed E-state index contributed by atoms with van der Waals surface area (Å²) in [6, 6.07) is 4.10. The smallest absolute Gasteiger partial charge is 0.352 e. The number of halogens is 4. The molecule has 0 radical (unpaired) electrons. The van der Waals surface area contributed by atoms with Crippen LogP contribution in [-0.4, -0.2) is 12.5 Å². The fourth-order valence-corrected chi connectivity index (χ4v) is 2.91. The number of amides is 1. The van der Waals surface area contributed by atoms with Gasteiger partial charge in [0.05, 0.1) is 10.6 Å². The van der Waals surface area contributed by atoms with Crippen molar-refractivity contribution in [3.63, 3.8) is 0 Å². The number of hydrogen-bond donors (Lipinski definition) is 1. The van der Waals surface area contributed by atoms with Crippen LogP contribution in [0.3, 0.4) is 0 Å². The molecular weight excluding hydrogens is 363 g/mol. The highest BCUT2D eigenvalue weighted by Crippen LogP contribution is 2.50. The van der Waals surface area contributed by atoms with E-state index >= 15 is 0 Å². The standard InChI is InChI=1S/C20H23ClF3NO/c1-12(2)11-25-19(26)8-13(3)4-5-14-9-16(14)15-6-7-18(21)17(10-15)20(22,23)24/h4-8,10,12,14,16H,9,11H2,1-3H3,(H,25,26)/b5-4+,13-8+/t14-,16-/m1/s1. The van der Waals surface area contributed by atoms with Crippen LogP contribution in [0.2, 0.25) is 5.02 Å². The lowest BCUT2D eigenvalue weighted by atomic mass is 10.0. The maximum absolute atomic E-state index is 13.0. The molecule has 1 saturated carbocycles. The van der Waals surface area contributed by atoms with Crippen LogP contribution < -0.4 is 5.32 Å². The Labute approximate surface area is 157 Å². The van der Waals surface area contributed by atoms with Gasteiger partial charge in [0.2, 0.25) is 5.91 Å². The van der Waals surface area contributed by atoms with Gasteiger partial charge in [-0.2, -0.15) is 13.2 Å². The first-order chi connectivity index (χ1) is 12.1. The van der Waals surface area contributed by atoms with Gasteiger partial charge >= 0.3 is 6.18 Å². The van der Waals surface area contributed by atoms with Crippen LogP contribution in [0.4, 0.5) is 13.2 Å². The molecule has 0 unspecified atom stereocenters. The molecule has 2 rings (SSSR count). The molecule has 2 nitrogen and oxygen atoms in total. The van der Waals surface area contributed by atoms with E-state index in [9.17, 15) is 18.0 Å². The van der Waals surface area contributed by atoms with Gasteiger partial charge in [-0.1, -0.05) is 43.7 Å². The van der Waals surface area contributed by atoms with Gasteiger partial charge in [-0.15, -0.1) is 0 Å². The first kappa shape index (κ1) is 20.6. The maximum atomic E-state index is 13.0. The molecule has 26 heavy (non-hydrogen) atoms. The summed E-state index contributed by atoms with van der Waals surface area (Å²) in [5.41, 5.74) is 0.667. The number of allylic oxidation sites excluding steroid dienone is 3. The van der Waals surface area contributed by atoms with Crippen molar-refractivity contribution in [3.05, 3.63) is 58.1 Å². The van der Waals surface area contributed by atoms with Gasteiger partial charge in [-0.05, 0) is 54.4 Å². The molecule has 1 fully saturated rings. The van der Waals surface area contributed by atoms with Crippen molar-refractivity contribution < 1.29 is 18.0 Å². The molecule has 1 aliphatic carbocycles. The van der Waals surface area contributed by atoms with Crippen molar-refractivity contribution in [3.8, 4) is 0 Å². The Hall–Kier alpha value is -1.75. The van der Waals surface area contributed by atoms with Crippen LogP contribution in [0.1, 0.15) is 44.2 Å². The molecule has 2 atom stereocenters. The zero-order valence-corrected chi connectivity index (χ0v) is 15.8. The normalized spacial score (nSPS) is 20.7. The molecule has 6 heteroatoms. The minimum absolute atomic E-state index is 0.0622. The molecule has 0 heterocycles. The van der Waals surface area contributed by atoms with Gasteiger partial charge in [0.1, 0.15) is 0 Å². The average Bonchev–Trinajstić information content (AvgIpc) is 3.30. The van der Waals surface area contributed by atoms with E-state index in [2.05, 4.69) is 5.32 Å². The topological polar surface area (TPSA) is 29.1 Å². The molecule has 1 aromatic carbocycles. The second-order valence-corrected chi connectivity index (χ2v) is 7.54. The monoisotopic (exact) mass is 385 g/mol. The first-order valence-corrected chi connectivity index (χ1v) is 8.96. The maximum Gasteiger partial charge on any atom is 0.417 e. The first-order valence-electron chi connectivity index (χ1n) is 8.59. The van der Waals surface area contributed by atoms with Gasteiger partial charge in [0.15, 0.2) is 0 Å². The van der Waals surface area contributed by atoms with Crippen molar-refractivity contribution in [2.45, 2.75) is 39.3 Å². The van der Waals surface area contributed by atoms with Crippen molar-refractivity contribution in [1.29, 1.82) is 0 Å². The molecule has 142 valence electrons. The Balaban J connectivity index is 1.96. The highest BCUT2D eigenvalue weighted by Gasteiger charge is 2.39. The Morgan fingerprint density at radius 1 is 1.38 bits per heavy atom. The van der Waals surface area contributed by atoms with Gasteiger partial charge in [0.25, 0.3) is 0 Å². The van der Waals surface area contributed by atoms with E-state index in [0.29, 0.717) is 18.0 Å². The number of hydrogen-bond acceptors (Lipinski definition) is 1. The highest BCUT2D eigenvalue weighted by molar-refractivity contribution is 6.31. The van der Waals surface area contributed by atoms with E-state index in [4.69, 9.17) is 11.6 Å². The fourth-order valence-electron chi connectivity index (χ4n) is 2.69. The largest absolute Gasteiger partial charge is 0.417 e. The van der Waals surface area contributed by atoms with E-state index in [-0.39, 0.29) is 22.8 Å². The van der Waals surface area contributed by atoms with Crippen LogP contribution in [0.5, 0.6) is 0 Å². The third kappa shape index (κ3) is 5.90. The summed E-state index contributed by atoms with van der Waals surface area (Å²) in [5.74, 6) is 0.489. The van der Waals surface area contributed by atoms with E-state index in [1.165, 1.54) is 12.1 Å². The van der Waals surface area contributed by atoms with Crippen LogP contribution in [0, 0.1) is 11.8 Å². The molecule has 0 aromatic heterocycles. The van der Waals surface area contributed by atoms with Gasteiger partial charge in [-0.3, -0.25) is 4.79 Å². The molecule has 0 saturated heterocycles. The number of carbonyl (C=O) groups excluding carboxylic acids is 1. The van der Waals surface area contributed by atoms with Gasteiger partial charge in [0, 0.05) is 12.6 Å². The molecule has 1 N–H and O–H groups in total. The molecule has 0 bridgehead atoms. The average molecular weight is 386 g/mol. The predicted molar refractivity (Wildman–Crippen MR) is 98.0 cm³/mol. The Bertz CT molecular complexity index is 722. The molecular formula is C20H23ClF3NO. The second kappa shape index (κ2) is 8.30. The van der Waals surface area contributed by atoms with Crippen LogP contribution in [0.15, 0.2) is 42.0 Å². The SMILES string of the molecule is CC(/C=C/[C@@H]1C[C@H]1c1ccc(Cl)c(C(F)(F)F)c1)=C\C(=O)NCC(C)C. The van der Waals surface area contributed by atoms with Crippen molar-refractivity contribution in [1.82, 2.24) is 5.32 Å². The number of alkyl halides is 3. The number of benzene rings is 1. The Morgan fingerprint density at radius 2 is 2.08 bits per heavy atom. The third-order valence-electron chi connectivity index (χ3n) is 4.21. The summed E-state index contributed by atoms with van der Waals surface area (Å²) in [4.78, 5) is 11.7. The van der Waals surface area contributed by atoms with Crippen LogP contribution in [0.25, 0.3) is 0 Å². The molecule has 1 aliphatic rings. The molecule has 1 amide bonds. The Kier molecular flexibility index (Phi) is 6.56. The van der Waals surface area contributed by atoms with E-state index in [0.717, 1.165) is 18.1 Å². The second-order valence-electron chi connectivity index (χ2n) is 7.13. The van der Waals surface area contributed by atoms with Crippen molar-refractivity contribution in [2.24, 2.45) is 11.8 Å². The van der Waals surface area contributed by atoms with Crippen LogP contribution in [-0.2, 0) is 11.0 Å². The molecule has 0 aliphatic heterocycles. The molecule has 1 aromatic rings. The van der Waals surface area contributed by atoms with E-state index in [1.807, 2.05) is 32.9 Å². The van der Waals surface area contributed by atoms with Gasteiger partial charge < -0.3 is 5.32 Å². The highest BCUT2D eigenvalue weighted by atomic mass is 35.5. The summed E-state index contributed by atoms with van der Waals surface area (Å²) in [7, 11) is 0. The Morgan fingerprint density at radius 3 is 2.69 bits per heavy atom. The number of carbonyl (C=O) groups is 1. The summed E-state index contributed by atoms with van der Waals surface area (Å²) >= 11 is 5.66. The number of rotatable bonds is 6. The quantitative estimate of drug-likeness (QED) is 0.491. The third-order valence-corrected chi connectivity index (χ3v) is 4.54. The predicted octanol–water partition coefficient (Wildman–Crippen LogP) is 5.74. The minimum Gasteiger partial charge on any atom is -0.352 e. The van der Waals surface area contributed by atoms with Crippen LogP contribution >= 0.6 is 11.6 Å².